The summed E-state index contributed by atoms with van der Waals surface area (Å²) in [6, 6.07) is 0. The molecule has 0 atom stereocenters. The maximum atomic E-state index is 11.1. The second kappa shape index (κ2) is 8.97. The van der Waals surface area contributed by atoms with Gasteiger partial charge in [0.15, 0.2) is 0 Å². The molecule has 0 bridgehead atoms. The molecule has 0 spiro atoms. The van der Waals surface area contributed by atoms with E-state index >= 15 is 0 Å². The van der Waals surface area contributed by atoms with Gasteiger partial charge in [-0.15, -0.1) is 0 Å². The van der Waals surface area contributed by atoms with Crippen molar-refractivity contribution in [3.63, 3.8) is 0 Å². The van der Waals surface area contributed by atoms with Gasteiger partial charge in [-0.3, -0.25) is 4.79 Å². The highest BCUT2D eigenvalue weighted by Crippen LogP contribution is 1.93. The SMILES string of the molecule is COCCCCCNCC(=O)N(C)C. The number of rotatable bonds is 8. The minimum atomic E-state index is 0.127. The number of likely N-dealkylation sites (N-methyl/N-ethyl adjacent to an activating group) is 1. The van der Waals surface area contributed by atoms with Crippen LogP contribution in [0.1, 0.15) is 19.3 Å². The van der Waals surface area contributed by atoms with Gasteiger partial charge in [-0.25, -0.2) is 0 Å². The van der Waals surface area contributed by atoms with Crippen LogP contribution in [0.4, 0.5) is 0 Å². The lowest BCUT2D eigenvalue weighted by molar-refractivity contribution is -0.127. The molecule has 0 heterocycles. The van der Waals surface area contributed by atoms with E-state index in [-0.39, 0.29) is 5.91 Å². The summed E-state index contributed by atoms with van der Waals surface area (Å²) in [5.74, 6) is 0.127. The van der Waals surface area contributed by atoms with Crippen LogP contribution in [0, 0.1) is 0 Å². The zero-order valence-corrected chi connectivity index (χ0v) is 9.51. The van der Waals surface area contributed by atoms with Crippen molar-refractivity contribution < 1.29 is 9.53 Å². The largest absolute Gasteiger partial charge is 0.385 e. The van der Waals surface area contributed by atoms with Gasteiger partial charge in [-0.1, -0.05) is 0 Å². The summed E-state index contributed by atoms with van der Waals surface area (Å²) in [6.07, 6.45) is 3.35. The van der Waals surface area contributed by atoms with Crippen LogP contribution in [0.2, 0.25) is 0 Å². The van der Waals surface area contributed by atoms with E-state index in [0.29, 0.717) is 6.54 Å². The predicted molar refractivity (Wildman–Crippen MR) is 57.3 cm³/mol. The minimum absolute atomic E-state index is 0.127. The number of carbonyl (C=O) groups excluding carboxylic acids is 1. The molecular weight excluding hydrogens is 180 g/mol. The van der Waals surface area contributed by atoms with Crippen LogP contribution in [-0.2, 0) is 9.53 Å². The third kappa shape index (κ3) is 8.01. The van der Waals surface area contributed by atoms with E-state index in [2.05, 4.69) is 5.32 Å². The molecule has 0 saturated carbocycles. The lowest BCUT2D eigenvalue weighted by atomic mass is 10.2. The van der Waals surface area contributed by atoms with E-state index in [1.165, 1.54) is 0 Å². The van der Waals surface area contributed by atoms with Crippen LogP contribution < -0.4 is 5.32 Å². The first-order valence-corrected chi connectivity index (χ1v) is 5.08. The summed E-state index contributed by atoms with van der Waals surface area (Å²) in [5, 5.41) is 3.11. The fourth-order valence-electron chi connectivity index (χ4n) is 1.03. The fourth-order valence-corrected chi connectivity index (χ4v) is 1.03. The standard InChI is InChI=1S/C10H22N2O2/c1-12(2)10(13)9-11-7-5-4-6-8-14-3/h11H,4-9H2,1-3H3. The number of ether oxygens (including phenoxy) is 1. The fraction of sp³-hybridized carbons (Fsp3) is 0.900. The Balaban J connectivity index is 3.10. The van der Waals surface area contributed by atoms with E-state index < -0.39 is 0 Å². The van der Waals surface area contributed by atoms with Gasteiger partial charge < -0.3 is 15.0 Å². The normalized spacial score (nSPS) is 10.2. The first-order chi connectivity index (χ1) is 6.68. The summed E-state index contributed by atoms with van der Waals surface area (Å²) < 4.78 is 4.94. The van der Waals surface area contributed by atoms with E-state index in [4.69, 9.17) is 4.74 Å². The van der Waals surface area contributed by atoms with Gasteiger partial charge in [0, 0.05) is 27.8 Å². The minimum Gasteiger partial charge on any atom is -0.385 e. The molecule has 0 unspecified atom stereocenters. The van der Waals surface area contributed by atoms with Crippen LogP contribution in [0.15, 0.2) is 0 Å². The van der Waals surface area contributed by atoms with Gasteiger partial charge in [0.1, 0.15) is 0 Å². The van der Waals surface area contributed by atoms with Crippen molar-refractivity contribution in [1.29, 1.82) is 0 Å². The molecule has 0 rings (SSSR count). The topological polar surface area (TPSA) is 41.6 Å². The third-order valence-corrected chi connectivity index (χ3v) is 1.98. The highest BCUT2D eigenvalue weighted by atomic mass is 16.5. The van der Waals surface area contributed by atoms with E-state index in [0.717, 1.165) is 32.4 Å². The number of amides is 1. The van der Waals surface area contributed by atoms with E-state index in [1.807, 2.05) is 0 Å². The Hall–Kier alpha value is -0.610. The predicted octanol–water partition coefficient (Wildman–Crippen LogP) is 0.481. The average Bonchev–Trinajstić information content (AvgIpc) is 2.16. The van der Waals surface area contributed by atoms with Crippen molar-refractivity contribution in [1.82, 2.24) is 10.2 Å². The molecule has 0 aromatic rings. The molecule has 4 nitrogen and oxygen atoms in total. The molecule has 0 aromatic carbocycles. The first kappa shape index (κ1) is 13.4. The van der Waals surface area contributed by atoms with E-state index in [1.54, 1.807) is 26.1 Å². The van der Waals surface area contributed by atoms with Crippen molar-refractivity contribution in [2.45, 2.75) is 19.3 Å². The lowest BCUT2D eigenvalue weighted by Crippen LogP contribution is -2.33. The first-order valence-electron chi connectivity index (χ1n) is 5.08. The monoisotopic (exact) mass is 202 g/mol. The zero-order chi connectivity index (χ0) is 10.8. The van der Waals surface area contributed by atoms with Crippen molar-refractivity contribution >= 4 is 5.91 Å². The molecule has 1 N–H and O–H groups in total. The number of carbonyl (C=O) groups is 1. The summed E-state index contributed by atoms with van der Waals surface area (Å²) in [5.41, 5.74) is 0. The summed E-state index contributed by atoms with van der Waals surface area (Å²) in [7, 11) is 5.25. The Bertz CT molecular complexity index is 149. The molecular formula is C10H22N2O2. The molecule has 0 fully saturated rings. The maximum Gasteiger partial charge on any atom is 0.236 e. The van der Waals surface area contributed by atoms with Gasteiger partial charge in [0.25, 0.3) is 0 Å². The second-order valence-electron chi connectivity index (χ2n) is 3.52. The van der Waals surface area contributed by atoms with Gasteiger partial charge in [0.2, 0.25) is 5.91 Å². The molecule has 0 aliphatic rings. The smallest absolute Gasteiger partial charge is 0.236 e. The van der Waals surface area contributed by atoms with Gasteiger partial charge in [0.05, 0.1) is 6.54 Å². The zero-order valence-electron chi connectivity index (χ0n) is 9.51. The van der Waals surface area contributed by atoms with Crippen LogP contribution in [0.5, 0.6) is 0 Å². The third-order valence-electron chi connectivity index (χ3n) is 1.98. The molecule has 1 amide bonds. The molecule has 0 saturated heterocycles. The Morgan fingerprint density at radius 1 is 1.29 bits per heavy atom. The quantitative estimate of drug-likeness (QED) is 0.582. The van der Waals surface area contributed by atoms with Crippen molar-refractivity contribution in [2.24, 2.45) is 0 Å². The number of methoxy groups -OCH3 is 1. The molecule has 0 aromatic heterocycles. The Morgan fingerprint density at radius 2 is 2.00 bits per heavy atom. The highest BCUT2D eigenvalue weighted by Gasteiger charge is 2.01. The van der Waals surface area contributed by atoms with Crippen molar-refractivity contribution in [3.05, 3.63) is 0 Å². The molecule has 4 heteroatoms. The number of nitrogens with zero attached hydrogens (tertiary/aromatic N) is 1. The average molecular weight is 202 g/mol. The van der Waals surface area contributed by atoms with Crippen molar-refractivity contribution in [3.8, 4) is 0 Å². The van der Waals surface area contributed by atoms with Crippen LogP contribution in [-0.4, -0.2) is 51.7 Å². The maximum absolute atomic E-state index is 11.1. The second-order valence-corrected chi connectivity index (χ2v) is 3.52. The number of hydrogen-bond donors (Lipinski definition) is 1. The lowest BCUT2D eigenvalue weighted by Gasteiger charge is -2.10. The Labute approximate surface area is 86.6 Å². The van der Waals surface area contributed by atoms with Gasteiger partial charge in [-0.2, -0.15) is 0 Å². The molecule has 84 valence electrons. The molecule has 0 aliphatic carbocycles. The molecule has 0 aliphatic heterocycles. The number of hydrogen-bond acceptors (Lipinski definition) is 3. The van der Waals surface area contributed by atoms with Crippen LogP contribution >= 0.6 is 0 Å². The summed E-state index contributed by atoms with van der Waals surface area (Å²) >= 11 is 0. The number of nitrogens with one attached hydrogen (secondary N) is 1. The Morgan fingerprint density at radius 3 is 2.57 bits per heavy atom. The summed E-state index contributed by atoms with van der Waals surface area (Å²) in [6.45, 7) is 2.18. The Kier molecular flexibility index (Phi) is 8.57. The highest BCUT2D eigenvalue weighted by molar-refractivity contribution is 5.77. The van der Waals surface area contributed by atoms with Crippen LogP contribution in [0.25, 0.3) is 0 Å². The van der Waals surface area contributed by atoms with Crippen molar-refractivity contribution in [2.75, 3.05) is 40.9 Å². The van der Waals surface area contributed by atoms with Gasteiger partial charge >= 0.3 is 0 Å². The number of unbranched alkanes of at least 4 members (excludes halogenated alkanes) is 2. The summed E-state index contributed by atoms with van der Waals surface area (Å²) in [4.78, 5) is 12.7. The molecule has 14 heavy (non-hydrogen) atoms. The van der Waals surface area contributed by atoms with Gasteiger partial charge in [-0.05, 0) is 25.8 Å². The molecule has 0 radical (unpaired) electrons. The van der Waals surface area contributed by atoms with E-state index in [9.17, 15) is 4.79 Å². The van der Waals surface area contributed by atoms with Crippen LogP contribution in [0.3, 0.4) is 0 Å².